The van der Waals surface area contributed by atoms with Crippen molar-refractivity contribution in [3.63, 3.8) is 0 Å². The van der Waals surface area contributed by atoms with Crippen LogP contribution in [-0.4, -0.2) is 18.7 Å². The van der Waals surface area contributed by atoms with Crippen molar-refractivity contribution >= 4 is 23.2 Å². The van der Waals surface area contributed by atoms with Gasteiger partial charge in [-0.15, -0.1) is 0 Å². The third kappa shape index (κ3) is 3.10. The molecule has 0 aliphatic carbocycles. The molecule has 5 heteroatoms. The summed E-state index contributed by atoms with van der Waals surface area (Å²) in [6.45, 7) is 2.44. The van der Waals surface area contributed by atoms with Gasteiger partial charge in [-0.05, 0) is 19.1 Å². The number of pyridine rings is 1. The minimum Gasteiger partial charge on any atom is -0.352 e. The Balaban J connectivity index is 2.91. The SMILES string of the molecule is CCOC(OC)c1cc(Cl)nc(Cl)c1. The fourth-order valence-corrected chi connectivity index (χ4v) is 1.55. The van der Waals surface area contributed by atoms with Crippen molar-refractivity contribution in [3.05, 3.63) is 28.0 Å². The van der Waals surface area contributed by atoms with E-state index in [1.807, 2.05) is 6.92 Å². The molecule has 0 bridgehead atoms. The quantitative estimate of drug-likeness (QED) is 0.594. The molecule has 1 aromatic rings. The third-order valence-corrected chi connectivity index (χ3v) is 1.98. The minimum absolute atomic E-state index is 0.328. The van der Waals surface area contributed by atoms with Crippen molar-refractivity contribution in [1.29, 1.82) is 0 Å². The van der Waals surface area contributed by atoms with Gasteiger partial charge in [0.05, 0.1) is 0 Å². The molecule has 1 unspecified atom stereocenters. The van der Waals surface area contributed by atoms with Gasteiger partial charge in [-0.25, -0.2) is 4.98 Å². The van der Waals surface area contributed by atoms with Crippen molar-refractivity contribution in [3.8, 4) is 0 Å². The van der Waals surface area contributed by atoms with E-state index in [0.29, 0.717) is 16.9 Å². The number of ether oxygens (including phenoxy) is 2. The maximum Gasteiger partial charge on any atom is 0.183 e. The largest absolute Gasteiger partial charge is 0.352 e. The van der Waals surface area contributed by atoms with Gasteiger partial charge >= 0.3 is 0 Å². The first kappa shape index (κ1) is 11.7. The molecule has 78 valence electrons. The third-order valence-electron chi connectivity index (χ3n) is 1.59. The summed E-state index contributed by atoms with van der Waals surface area (Å²) in [5.41, 5.74) is 0.763. The van der Waals surface area contributed by atoms with E-state index in [1.54, 1.807) is 19.2 Å². The molecule has 0 N–H and O–H groups in total. The summed E-state index contributed by atoms with van der Waals surface area (Å²) in [4.78, 5) is 3.83. The molecule has 0 saturated carbocycles. The Kier molecular flexibility index (Phi) is 4.62. The summed E-state index contributed by atoms with van der Waals surface area (Å²) in [7, 11) is 1.56. The summed E-state index contributed by atoms with van der Waals surface area (Å²) < 4.78 is 10.4. The Bertz CT molecular complexity index is 287. The van der Waals surface area contributed by atoms with Gasteiger partial charge in [0.2, 0.25) is 0 Å². The zero-order valence-electron chi connectivity index (χ0n) is 7.96. The molecule has 0 saturated heterocycles. The number of nitrogens with zero attached hydrogens (tertiary/aromatic N) is 1. The lowest BCUT2D eigenvalue weighted by atomic mass is 10.2. The fraction of sp³-hybridized carbons (Fsp3) is 0.444. The molecule has 1 aromatic heterocycles. The van der Waals surface area contributed by atoms with Crippen LogP contribution in [0.4, 0.5) is 0 Å². The highest BCUT2D eigenvalue weighted by molar-refractivity contribution is 6.32. The molecule has 1 rings (SSSR count). The van der Waals surface area contributed by atoms with Gasteiger partial charge in [-0.3, -0.25) is 0 Å². The van der Waals surface area contributed by atoms with Crippen molar-refractivity contribution in [2.75, 3.05) is 13.7 Å². The van der Waals surface area contributed by atoms with E-state index >= 15 is 0 Å². The Morgan fingerprint density at radius 1 is 1.36 bits per heavy atom. The number of methoxy groups -OCH3 is 1. The highest BCUT2D eigenvalue weighted by atomic mass is 35.5. The number of aromatic nitrogens is 1. The van der Waals surface area contributed by atoms with Gasteiger partial charge < -0.3 is 9.47 Å². The predicted molar refractivity (Wildman–Crippen MR) is 55.6 cm³/mol. The number of halogens is 2. The van der Waals surface area contributed by atoms with Gasteiger partial charge in [0.25, 0.3) is 0 Å². The zero-order chi connectivity index (χ0) is 10.6. The summed E-state index contributed by atoms with van der Waals surface area (Å²) in [6.07, 6.45) is -0.446. The summed E-state index contributed by atoms with van der Waals surface area (Å²) >= 11 is 11.5. The van der Waals surface area contributed by atoms with Crippen LogP contribution in [0.5, 0.6) is 0 Å². The smallest absolute Gasteiger partial charge is 0.183 e. The second-order valence-corrected chi connectivity index (χ2v) is 3.34. The maximum absolute atomic E-state index is 5.74. The van der Waals surface area contributed by atoms with Crippen molar-refractivity contribution in [2.45, 2.75) is 13.2 Å². The molecular formula is C9H11Cl2NO2. The van der Waals surface area contributed by atoms with Gasteiger partial charge in [-0.1, -0.05) is 23.2 Å². The maximum atomic E-state index is 5.74. The van der Waals surface area contributed by atoms with E-state index in [-0.39, 0.29) is 0 Å². The van der Waals surface area contributed by atoms with E-state index < -0.39 is 6.29 Å². The molecule has 0 spiro atoms. The Morgan fingerprint density at radius 2 is 1.93 bits per heavy atom. The molecular weight excluding hydrogens is 225 g/mol. The van der Waals surface area contributed by atoms with Crippen molar-refractivity contribution in [1.82, 2.24) is 4.98 Å². The molecule has 0 radical (unpaired) electrons. The monoisotopic (exact) mass is 235 g/mol. The van der Waals surface area contributed by atoms with Gasteiger partial charge in [0.1, 0.15) is 10.3 Å². The Labute approximate surface area is 92.9 Å². The fourth-order valence-electron chi connectivity index (χ4n) is 1.07. The lowest BCUT2D eigenvalue weighted by molar-refractivity contribution is -0.124. The van der Waals surface area contributed by atoms with Crippen LogP contribution in [0.2, 0.25) is 10.3 Å². The second kappa shape index (κ2) is 5.51. The van der Waals surface area contributed by atoms with E-state index in [0.717, 1.165) is 5.56 Å². The van der Waals surface area contributed by atoms with Crippen molar-refractivity contribution < 1.29 is 9.47 Å². The lowest BCUT2D eigenvalue weighted by Crippen LogP contribution is -2.06. The number of hydrogen-bond acceptors (Lipinski definition) is 3. The summed E-state index contributed by atoms with van der Waals surface area (Å²) in [6, 6.07) is 3.33. The van der Waals surface area contributed by atoms with E-state index in [9.17, 15) is 0 Å². The van der Waals surface area contributed by atoms with Crippen LogP contribution in [0, 0.1) is 0 Å². The molecule has 1 atom stereocenters. The van der Waals surface area contributed by atoms with Gasteiger partial charge in [0, 0.05) is 19.3 Å². The molecule has 14 heavy (non-hydrogen) atoms. The van der Waals surface area contributed by atoms with Crippen LogP contribution < -0.4 is 0 Å². The molecule has 0 fully saturated rings. The standard InChI is InChI=1S/C9H11Cl2NO2/c1-3-14-9(13-2)6-4-7(10)12-8(11)5-6/h4-5,9H,3H2,1-2H3. The summed E-state index contributed by atoms with van der Waals surface area (Å²) in [5, 5.41) is 0.656. The molecule has 0 aliphatic rings. The van der Waals surface area contributed by atoms with Crippen LogP contribution >= 0.6 is 23.2 Å². The molecule has 1 heterocycles. The van der Waals surface area contributed by atoms with Crippen LogP contribution in [0.25, 0.3) is 0 Å². The number of hydrogen-bond donors (Lipinski definition) is 0. The average molecular weight is 236 g/mol. The molecule has 0 aliphatic heterocycles. The normalized spacial score (nSPS) is 12.9. The first-order valence-electron chi connectivity index (χ1n) is 4.14. The molecule has 0 amide bonds. The Hall–Kier alpha value is -0.350. The van der Waals surface area contributed by atoms with Crippen LogP contribution in [0.3, 0.4) is 0 Å². The van der Waals surface area contributed by atoms with E-state index in [4.69, 9.17) is 32.7 Å². The minimum atomic E-state index is -0.446. The first-order chi connectivity index (χ1) is 6.67. The highest BCUT2D eigenvalue weighted by Gasteiger charge is 2.11. The van der Waals surface area contributed by atoms with Gasteiger partial charge in [-0.2, -0.15) is 0 Å². The Morgan fingerprint density at radius 3 is 2.36 bits per heavy atom. The second-order valence-electron chi connectivity index (χ2n) is 2.57. The first-order valence-corrected chi connectivity index (χ1v) is 4.90. The van der Waals surface area contributed by atoms with Crippen LogP contribution in [0.15, 0.2) is 12.1 Å². The molecule has 0 aromatic carbocycles. The zero-order valence-corrected chi connectivity index (χ0v) is 9.47. The van der Waals surface area contributed by atoms with Gasteiger partial charge in [0.15, 0.2) is 6.29 Å². The number of rotatable bonds is 4. The van der Waals surface area contributed by atoms with E-state index in [1.165, 1.54) is 0 Å². The topological polar surface area (TPSA) is 31.4 Å². The summed E-state index contributed by atoms with van der Waals surface area (Å²) in [5.74, 6) is 0. The van der Waals surface area contributed by atoms with Crippen LogP contribution in [0.1, 0.15) is 18.8 Å². The lowest BCUT2D eigenvalue weighted by Gasteiger charge is -2.15. The molecule has 3 nitrogen and oxygen atoms in total. The van der Waals surface area contributed by atoms with Crippen LogP contribution in [-0.2, 0) is 9.47 Å². The average Bonchev–Trinajstić information content (AvgIpc) is 2.12. The van der Waals surface area contributed by atoms with Crippen molar-refractivity contribution in [2.24, 2.45) is 0 Å². The predicted octanol–water partition coefficient (Wildman–Crippen LogP) is 3.07. The highest BCUT2D eigenvalue weighted by Crippen LogP contribution is 2.23. The van der Waals surface area contributed by atoms with E-state index in [2.05, 4.69) is 4.98 Å².